The molecule has 3 N–H and O–H groups in total. The summed E-state index contributed by atoms with van der Waals surface area (Å²) in [5, 5.41) is 5.28. The van der Waals surface area contributed by atoms with Crippen molar-refractivity contribution in [1.29, 1.82) is 0 Å². The van der Waals surface area contributed by atoms with Crippen molar-refractivity contribution in [2.45, 2.75) is 13.5 Å². The highest BCUT2D eigenvalue weighted by Gasteiger charge is 2.02. The van der Waals surface area contributed by atoms with Crippen molar-refractivity contribution in [2.75, 3.05) is 5.32 Å². The van der Waals surface area contributed by atoms with E-state index < -0.39 is 0 Å². The van der Waals surface area contributed by atoms with Crippen LogP contribution in [0.1, 0.15) is 16.1 Å². The number of hydrogen-bond acceptors (Lipinski definition) is 5. The number of nitrogens with zero attached hydrogens (tertiary/aromatic N) is 2. The molecule has 0 saturated carbocycles. The number of rotatable bonds is 4. The number of nitrogens with two attached hydrogens (primary N) is 1. The molecule has 0 aliphatic carbocycles. The minimum atomic E-state index is 0.262. The molecule has 2 aromatic heterocycles. The summed E-state index contributed by atoms with van der Waals surface area (Å²) in [5.41, 5.74) is 7.27. The Morgan fingerprint density at radius 1 is 1.47 bits per heavy atom. The molecule has 0 aliphatic heterocycles. The Morgan fingerprint density at radius 3 is 2.82 bits per heavy atom. The van der Waals surface area contributed by atoms with Crippen molar-refractivity contribution in [1.82, 2.24) is 9.97 Å². The van der Waals surface area contributed by atoms with Crippen LogP contribution in [0.2, 0.25) is 0 Å². The Morgan fingerprint density at radius 2 is 2.29 bits per heavy atom. The van der Waals surface area contributed by atoms with Crippen LogP contribution >= 0.6 is 23.6 Å². The molecule has 0 unspecified atom stereocenters. The summed E-state index contributed by atoms with van der Waals surface area (Å²) in [4.78, 5) is 9.86. The van der Waals surface area contributed by atoms with Gasteiger partial charge in [0.15, 0.2) is 0 Å². The lowest BCUT2D eigenvalue weighted by molar-refractivity contribution is 1.09. The molecule has 0 aliphatic rings. The summed E-state index contributed by atoms with van der Waals surface area (Å²) in [7, 11) is 0. The summed E-state index contributed by atoms with van der Waals surface area (Å²) in [6, 6.07) is 2.10. The average molecular weight is 264 g/mol. The van der Waals surface area contributed by atoms with Crippen LogP contribution in [0.5, 0.6) is 0 Å². The zero-order chi connectivity index (χ0) is 12.3. The lowest BCUT2D eigenvalue weighted by Crippen LogP contribution is -2.12. The molecule has 2 rings (SSSR count). The Labute approximate surface area is 109 Å². The fraction of sp³-hybridized carbons (Fsp3) is 0.182. The minimum absolute atomic E-state index is 0.262. The molecule has 2 heterocycles. The van der Waals surface area contributed by atoms with E-state index in [0.29, 0.717) is 5.69 Å². The second-order valence-electron chi connectivity index (χ2n) is 3.53. The molecule has 6 heteroatoms. The van der Waals surface area contributed by atoms with Gasteiger partial charge in [-0.2, -0.15) is 0 Å². The first kappa shape index (κ1) is 11.9. The summed E-state index contributed by atoms with van der Waals surface area (Å²) < 4.78 is 0. The summed E-state index contributed by atoms with van der Waals surface area (Å²) in [5.74, 6) is 0.720. The highest BCUT2D eigenvalue weighted by molar-refractivity contribution is 7.80. The maximum Gasteiger partial charge on any atom is 0.144 e. The Hall–Kier alpha value is -1.53. The number of aromatic nitrogens is 2. The molecule has 0 spiro atoms. The highest BCUT2D eigenvalue weighted by atomic mass is 32.1. The van der Waals surface area contributed by atoms with E-state index in [2.05, 4.69) is 33.7 Å². The van der Waals surface area contributed by atoms with Gasteiger partial charge in [-0.05, 0) is 23.9 Å². The van der Waals surface area contributed by atoms with Crippen LogP contribution in [0.15, 0.2) is 23.8 Å². The Kier molecular flexibility index (Phi) is 3.65. The van der Waals surface area contributed by atoms with E-state index in [1.165, 1.54) is 10.4 Å². The second-order valence-corrected chi connectivity index (χ2v) is 4.97. The molecule has 88 valence electrons. The van der Waals surface area contributed by atoms with E-state index in [1.54, 1.807) is 23.7 Å². The zero-order valence-electron chi connectivity index (χ0n) is 9.30. The Balaban J connectivity index is 2.00. The number of nitrogens with one attached hydrogen (secondary N) is 1. The van der Waals surface area contributed by atoms with Crippen molar-refractivity contribution >= 4 is 34.4 Å². The molecule has 4 nitrogen and oxygen atoms in total. The SMILES string of the molecule is Cc1ccsc1CNc1cnc(C(N)=S)cn1. The van der Waals surface area contributed by atoms with Crippen molar-refractivity contribution in [2.24, 2.45) is 5.73 Å². The quantitative estimate of drug-likeness (QED) is 0.828. The van der Waals surface area contributed by atoms with Gasteiger partial charge in [0.25, 0.3) is 0 Å². The second kappa shape index (κ2) is 5.20. The van der Waals surface area contributed by atoms with Gasteiger partial charge in [-0.3, -0.25) is 0 Å². The Bertz CT molecular complexity index is 519. The van der Waals surface area contributed by atoms with Gasteiger partial charge >= 0.3 is 0 Å². The number of hydrogen-bond donors (Lipinski definition) is 2. The van der Waals surface area contributed by atoms with Crippen molar-refractivity contribution in [3.05, 3.63) is 40.0 Å². The average Bonchev–Trinajstić information content (AvgIpc) is 2.73. The molecule has 0 amide bonds. The molecule has 0 radical (unpaired) electrons. The molecule has 0 atom stereocenters. The van der Waals surface area contributed by atoms with Gasteiger partial charge in [-0.1, -0.05) is 12.2 Å². The third-order valence-electron chi connectivity index (χ3n) is 2.30. The van der Waals surface area contributed by atoms with Crippen LogP contribution in [-0.4, -0.2) is 15.0 Å². The highest BCUT2D eigenvalue weighted by Crippen LogP contribution is 2.16. The van der Waals surface area contributed by atoms with Crippen molar-refractivity contribution in [3.8, 4) is 0 Å². The summed E-state index contributed by atoms with van der Waals surface area (Å²) in [6.45, 7) is 2.85. The van der Waals surface area contributed by atoms with Gasteiger partial charge in [0, 0.05) is 4.88 Å². The lowest BCUT2D eigenvalue weighted by atomic mass is 10.3. The van der Waals surface area contributed by atoms with Gasteiger partial charge in [0.2, 0.25) is 0 Å². The summed E-state index contributed by atoms with van der Waals surface area (Å²) >= 11 is 6.53. The monoisotopic (exact) mass is 264 g/mol. The maximum atomic E-state index is 5.45. The predicted octanol–water partition coefficient (Wildman–Crippen LogP) is 2.09. The van der Waals surface area contributed by atoms with Crippen LogP contribution in [0.4, 0.5) is 5.82 Å². The molecule has 17 heavy (non-hydrogen) atoms. The fourth-order valence-corrected chi connectivity index (χ4v) is 2.25. The minimum Gasteiger partial charge on any atom is -0.388 e. The van der Waals surface area contributed by atoms with Gasteiger partial charge in [0.1, 0.15) is 16.5 Å². The van der Waals surface area contributed by atoms with Gasteiger partial charge < -0.3 is 11.1 Å². The van der Waals surface area contributed by atoms with E-state index in [0.717, 1.165) is 12.4 Å². The van der Waals surface area contributed by atoms with Gasteiger partial charge in [-0.25, -0.2) is 9.97 Å². The molecule has 0 fully saturated rings. The number of aryl methyl sites for hydroxylation is 1. The van der Waals surface area contributed by atoms with Crippen LogP contribution < -0.4 is 11.1 Å². The first-order valence-electron chi connectivity index (χ1n) is 5.05. The van der Waals surface area contributed by atoms with Crippen LogP contribution in [0.3, 0.4) is 0 Å². The molecule has 2 aromatic rings. The normalized spacial score (nSPS) is 10.2. The van der Waals surface area contributed by atoms with Crippen molar-refractivity contribution < 1.29 is 0 Å². The number of thiophene rings is 1. The fourth-order valence-electron chi connectivity index (χ4n) is 1.30. The standard InChI is InChI=1S/C11H12N4S2/c1-7-2-3-17-9(7)5-15-10-6-13-8(4-14-10)11(12)16/h2-4,6H,5H2,1H3,(H2,12,16)(H,14,15). The lowest BCUT2D eigenvalue weighted by Gasteiger charge is -2.05. The topological polar surface area (TPSA) is 63.8 Å². The maximum absolute atomic E-state index is 5.45. The zero-order valence-corrected chi connectivity index (χ0v) is 10.9. The van der Waals surface area contributed by atoms with Crippen LogP contribution in [-0.2, 0) is 6.54 Å². The van der Waals surface area contributed by atoms with E-state index in [4.69, 9.17) is 18.0 Å². The van der Waals surface area contributed by atoms with E-state index >= 15 is 0 Å². The summed E-state index contributed by atoms with van der Waals surface area (Å²) in [6.07, 6.45) is 3.21. The first-order valence-corrected chi connectivity index (χ1v) is 6.34. The first-order chi connectivity index (χ1) is 8.16. The van der Waals surface area contributed by atoms with E-state index in [9.17, 15) is 0 Å². The van der Waals surface area contributed by atoms with Crippen molar-refractivity contribution in [3.63, 3.8) is 0 Å². The van der Waals surface area contributed by atoms with E-state index in [1.807, 2.05) is 0 Å². The molecule has 0 saturated heterocycles. The predicted molar refractivity (Wildman–Crippen MR) is 74.3 cm³/mol. The third kappa shape index (κ3) is 2.98. The van der Waals surface area contributed by atoms with Crippen LogP contribution in [0, 0.1) is 6.92 Å². The molecular weight excluding hydrogens is 252 g/mol. The van der Waals surface area contributed by atoms with E-state index in [-0.39, 0.29) is 4.99 Å². The number of anilines is 1. The van der Waals surface area contributed by atoms with Gasteiger partial charge in [0.05, 0.1) is 18.9 Å². The third-order valence-corrected chi connectivity index (χ3v) is 3.53. The molecular formula is C11H12N4S2. The number of thiocarbonyl (C=S) groups is 1. The van der Waals surface area contributed by atoms with Crippen LogP contribution in [0.25, 0.3) is 0 Å². The smallest absolute Gasteiger partial charge is 0.144 e. The molecule has 0 bridgehead atoms. The van der Waals surface area contributed by atoms with Gasteiger partial charge in [-0.15, -0.1) is 11.3 Å². The molecule has 0 aromatic carbocycles. The largest absolute Gasteiger partial charge is 0.388 e.